The summed E-state index contributed by atoms with van der Waals surface area (Å²) in [7, 11) is 0. The van der Waals surface area contributed by atoms with Crippen molar-refractivity contribution in [3.8, 4) is 44.5 Å². The maximum Gasteiger partial charge on any atom is 0.143 e. The van der Waals surface area contributed by atoms with Crippen LogP contribution in [0.4, 0.5) is 17.1 Å². The SMILES string of the molecule is CC(c1ccccc1)(c1ccc(-c2ccccc2)cc1)c1cccc(-c2ccccc2)c1-c1ccc(N(c2ccc(-c3cccc4c3oc3ccccc34)cc2)c2cccc3ccccc23)cc1. The summed E-state index contributed by atoms with van der Waals surface area (Å²) in [4.78, 5) is 2.39. The van der Waals surface area contributed by atoms with Gasteiger partial charge in [-0.1, -0.05) is 231 Å². The van der Waals surface area contributed by atoms with Gasteiger partial charge in [0.25, 0.3) is 0 Å². The predicted molar refractivity (Wildman–Crippen MR) is 286 cm³/mol. The molecule has 0 saturated carbocycles. The highest BCUT2D eigenvalue weighted by Gasteiger charge is 2.35. The molecule has 2 nitrogen and oxygen atoms in total. The molecule has 322 valence electrons. The lowest BCUT2D eigenvalue weighted by Gasteiger charge is -2.35. The number of nitrogens with zero attached hydrogens (tertiary/aromatic N) is 1. The van der Waals surface area contributed by atoms with Crippen LogP contribution >= 0.6 is 0 Å². The average molecular weight is 870 g/mol. The van der Waals surface area contributed by atoms with Crippen molar-refractivity contribution in [3.05, 3.63) is 284 Å². The van der Waals surface area contributed by atoms with E-state index in [1.165, 1.54) is 55.3 Å². The zero-order valence-electron chi connectivity index (χ0n) is 37.8. The van der Waals surface area contributed by atoms with Crippen molar-refractivity contribution in [2.75, 3.05) is 4.90 Å². The number of hydrogen-bond donors (Lipinski definition) is 0. The molecule has 1 atom stereocenters. The van der Waals surface area contributed by atoms with Gasteiger partial charge in [-0.3, -0.25) is 0 Å². The zero-order valence-corrected chi connectivity index (χ0v) is 37.8. The second kappa shape index (κ2) is 17.3. The Morgan fingerprint density at radius 2 is 0.824 bits per heavy atom. The van der Waals surface area contributed by atoms with E-state index in [2.05, 4.69) is 267 Å². The van der Waals surface area contributed by atoms with Gasteiger partial charge in [0.05, 0.1) is 5.69 Å². The standard InChI is InChI=1S/C66H47NO/c1-66(52-24-9-4-10-25-52,53-40-34-47(35-41-53)46-18-5-2-6-19-46)61-31-17-28-57(49-20-7-3-8-21-49)64(61)51-38-44-55(45-39-51)67(62-32-15-23-48-22-11-12-26-56(48)62)54-42-36-50(37-43-54)58-29-16-30-60-59-27-13-14-33-63(59)68-65(58)60/h2-45H,1H3. The van der Waals surface area contributed by atoms with Gasteiger partial charge in [-0.15, -0.1) is 0 Å². The van der Waals surface area contributed by atoms with E-state index in [0.29, 0.717) is 0 Å². The van der Waals surface area contributed by atoms with E-state index in [9.17, 15) is 0 Å². The molecule has 68 heavy (non-hydrogen) atoms. The first-order valence-electron chi connectivity index (χ1n) is 23.4. The van der Waals surface area contributed by atoms with Gasteiger partial charge in [-0.05, 0) is 104 Å². The highest BCUT2D eigenvalue weighted by molar-refractivity contribution is 6.09. The average Bonchev–Trinajstić information content (AvgIpc) is 3.81. The molecule has 0 radical (unpaired) electrons. The zero-order chi connectivity index (χ0) is 45.4. The van der Waals surface area contributed by atoms with Crippen LogP contribution in [0, 0.1) is 0 Å². The van der Waals surface area contributed by atoms with Crippen molar-refractivity contribution in [2.45, 2.75) is 12.3 Å². The number of fused-ring (bicyclic) bond motifs is 4. The second-order valence-corrected chi connectivity index (χ2v) is 17.7. The van der Waals surface area contributed by atoms with Gasteiger partial charge in [-0.2, -0.15) is 0 Å². The Morgan fingerprint density at radius 3 is 1.54 bits per heavy atom. The summed E-state index contributed by atoms with van der Waals surface area (Å²) < 4.78 is 6.48. The van der Waals surface area contributed by atoms with Crippen LogP contribution in [0.15, 0.2) is 271 Å². The van der Waals surface area contributed by atoms with E-state index in [1.54, 1.807) is 0 Å². The van der Waals surface area contributed by atoms with E-state index in [4.69, 9.17) is 4.42 Å². The first kappa shape index (κ1) is 40.8. The molecule has 11 aromatic carbocycles. The molecule has 2 heteroatoms. The van der Waals surface area contributed by atoms with Crippen LogP contribution in [0.3, 0.4) is 0 Å². The lowest BCUT2D eigenvalue weighted by Crippen LogP contribution is -2.26. The molecule has 0 aliphatic heterocycles. The van der Waals surface area contributed by atoms with Gasteiger partial charge in [0.1, 0.15) is 11.2 Å². The summed E-state index contributed by atoms with van der Waals surface area (Å²) >= 11 is 0. The topological polar surface area (TPSA) is 16.4 Å². The molecular weight excluding hydrogens is 823 g/mol. The highest BCUT2D eigenvalue weighted by Crippen LogP contribution is 2.48. The maximum atomic E-state index is 6.48. The van der Waals surface area contributed by atoms with Crippen molar-refractivity contribution >= 4 is 49.8 Å². The third kappa shape index (κ3) is 7.15. The lowest BCUT2D eigenvalue weighted by molar-refractivity contribution is 0.670. The molecule has 0 aliphatic rings. The summed E-state index contributed by atoms with van der Waals surface area (Å²) in [6, 6.07) is 96.6. The predicted octanol–water partition coefficient (Wildman–Crippen LogP) is 18.2. The van der Waals surface area contributed by atoms with Crippen LogP contribution in [0.2, 0.25) is 0 Å². The van der Waals surface area contributed by atoms with Crippen molar-refractivity contribution < 1.29 is 4.42 Å². The van der Waals surface area contributed by atoms with Gasteiger partial charge in [-0.25, -0.2) is 0 Å². The van der Waals surface area contributed by atoms with Crippen molar-refractivity contribution in [1.29, 1.82) is 0 Å². The van der Waals surface area contributed by atoms with Gasteiger partial charge < -0.3 is 9.32 Å². The normalized spacial score (nSPS) is 12.3. The van der Waals surface area contributed by atoms with Crippen LogP contribution in [-0.2, 0) is 5.41 Å². The minimum atomic E-state index is -0.501. The molecule has 0 spiro atoms. The van der Waals surface area contributed by atoms with Crippen LogP contribution in [0.25, 0.3) is 77.2 Å². The quantitative estimate of drug-likeness (QED) is 0.127. The Bertz CT molecular complexity index is 3700. The van der Waals surface area contributed by atoms with Crippen LogP contribution in [-0.4, -0.2) is 0 Å². The van der Waals surface area contributed by atoms with Crippen LogP contribution < -0.4 is 4.90 Å². The maximum absolute atomic E-state index is 6.48. The molecule has 0 amide bonds. The van der Waals surface area contributed by atoms with Gasteiger partial charge >= 0.3 is 0 Å². The van der Waals surface area contributed by atoms with Gasteiger partial charge in [0.2, 0.25) is 0 Å². The number of furan rings is 1. The number of rotatable bonds is 10. The van der Waals surface area contributed by atoms with E-state index < -0.39 is 5.41 Å². The monoisotopic (exact) mass is 869 g/mol. The Balaban J connectivity index is 1.01. The minimum Gasteiger partial charge on any atom is -0.455 e. The number of hydrogen-bond acceptors (Lipinski definition) is 2. The summed E-state index contributed by atoms with van der Waals surface area (Å²) in [6.45, 7) is 2.39. The molecule has 1 heterocycles. The van der Waals surface area contributed by atoms with Crippen molar-refractivity contribution in [3.63, 3.8) is 0 Å². The van der Waals surface area contributed by atoms with E-state index in [-0.39, 0.29) is 0 Å². The third-order valence-electron chi connectivity index (χ3n) is 13.9. The van der Waals surface area contributed by atoms with Crippen molar-refractivity contribution in [2.24, 2.45) is 0 Å². The molecule has 0 aliphatic carbocycles. The minimum absolute atomic E-state index is 0.501. The lowest BCUT2D eigenvalue weighted by atomic mass is 9.68. The molecule has 0 saturated heterocycles. The molecule has 12 rings (SSSR count). The number of para-hydroxylation sites is 2. The van der Waals surface area contributed by atoms with Gasteiger partial charge in [0.15, 0.2) is 0 Å². The molecule has 0 bridgehead atoms. The summed E-state index contributed by atoms with van der Waals surface area (Å²) in [5.74, 6) is 0. The van der Waals surface area contributed by atoms with E-state index in [0.717, 1.165) is 55.7 Å². The Morgan fingerprint density at radius 1 is 0.338 bits per heavy atom. The molecule has 12 aromatic rings. The summed E-state index contributed by atoms with van der Waals surface area (Å²) in [5.41, 5.74) is 17.6. The summed E-state index contributed by atoms with van der Waals surface area (Å²) in [5, 5.41) is 4.64. The largest absolute Gasteiger partial charge is 0.455 e. The van der Waals surface area contributed by atoms with Gasteiger partial charge in [0, 0.05) is 38.5 Å². The molecular formula is C66H47NO. The molecule has 1 unspecified atom stereocenters. The Hall–Kier alpha value is -8.72. The van der Waals surface area contributed by atoms with Crippen molar-refractivity contribution in [1.82, 2.24) is 0 Å². The highest BCUT2D eigenvalue weighted by atomic mass is 16.3. The first-order chi connectivity index (χ1) is 33.6. The fourth-order valence-electron chi connectivity index (χ4n) is 10.4. The van der Waals surface area contributed by atoms with E-state index >= 15 is 0 Å². The third-order valence-corrected chi connectivity index (χ3v) is 13.9. The Labute approximate surface area is 397 Å². The number of anilines is 3. The molecule has 0 N–H and O–H groups in total. The Kier molecular flexibility index (Phi) is 10.3. The second-order valence-electron chi connectivity index (χ2n) is 17.7. The summed E-state index contributed by atoms with van der Waals surface area (Å²) in [6.07, 6.45) is 0. The molecule has 1 aromatic heterocycles. The fraction of sp³-hybridized carbons (Fsp3) is 0.0303. The van der Waals surface area contributed by atoms with Crippen LogP contribution in [0.5, 0.6) is 0 Å². The van der Waals surface area contributed by atoms with E-state index in [1.807, 2.05) is 12.1 Å². The fourth-order valence-corrected chi connectivity index (χ4v) is 10.4. The number of benzene rings is 11. The first-order valence-corrected chi connectivity index (χ1v) is 23.4. The molecule has 0 fully saturated rings. The van der Waals surface area contributed by atoms with Crippen LogP contribution in [0.1, 0.15) is 23.6 Å². The smallest absolute Gasteiger partial charge is 0.143 e.